The molecule has 4 nitrogen and oxygen atoms in total. The van der Waals surface area contributed by atoms with Crippen molar-refractivity contribution in [1.82, 2.24) is 9.97 Å². The van der Waals surface area contributed by atoms with E-state index in [4.69, 9.17) is 5.11 Å². The molecule has 0 saturated carbocycles. The molecule has 5 heteroatoms. The topological polar surface area (TPSA) is 66.0 Å². The molecule has 1 heterocycles. The summed E-state index contributed by atoms with van der Waals surface area (Å²) in [6, 6.07) is 7.65. The number of rotatable bonds is 4. The van der Waals surface area contributed by atoms with E-state index in [2.05, 4.69) is 9.97 Å². The van der Waals surface area contributed by atoms with Gasteiger partial charge in [0.05, 0.1) is 11.0 Å². The molecule has 0 aliphatic rings. The fraction of sp³-hybridized carbons (Fsp3) is 0.273. The molecule has 0 fully saturated rings. The number of hydrogen-bond donors (Lipinski definition) is 2. The zero-order valence-corrected chi connectivity index (χ0v) is 9.62. The Hall–Kier alpha value is -1.49. The van der Waals surface area contributed by atoms with Crippen molar-refractivity contribution in [2.75, 3.05) is 0 Å². The van der Waals surface area contributed by atoms with Crippen molar-refractivity contribution in [2.24, 2.45) is 0 Å². The Morgan fingerprint density at radius 1 is 1.56 bits per heavy atom. The number of aliphatic carboxylic acids is 1. The maximum Gasteiger partial charge on any atom is 0.317 e. The molecule has 0 aliphatic carbocycles. The molecule has 0 amide bonds. The van der Waals surface area contributed by atoms with E-state index in [9.17, 15) is 4.79 Å². The molecule has 84 valence electrons. The summed E-state index contributed by atoms with van der Waals surface area (Å²) in [5.41, 5.74) is 1.80. The van der Waals surface area contributed by atoms with Crippen molar-refractivity contribution in [3.05, 3.63) is 24.3 Å². The third-order valence-electron chi connectivity index (χ3n) is 2.27. The summed E-state index contributed by atoms with van der Waals surface area (Å²) in [6.45, 7) is 1.86. The first-order valence-corrected chi connectivity index (χ1v) is 5.93. The average Bonchev–Trinajstić information content (AvgIpc) is 2.67. The highest BCUT2D eigenvalue weighted by atomic mass is 32.2. The van der Waals surface area contributed by atoms with E-state index in [-0.39, 0.29) is 0 Å². The average molecular weight is 236 g/mol. The van der Waals surface area contributed by atoms with Gasteiger partial charge in [0.1, 0.15) is 5.25 Å². The number of thioether (sulfide) groups is 1. The number of carbonyl (C=O) groups is 1. The van der Waals surface area contributed by atoms with Crippen LogP contribution in [0, 0.1) is 0 Å². The molecule has 0 saturated heterocycles. The van der Waals surface area contributed by atoms with Crippen molar-refractivity contribution in [3.63, 3.8) is 0 Å². The van der Waals surface area contributed by atoms with Crippen molar-refractivity contribution in [1.29, 1.82) is 0 Å². The van der Waals surface area contributed by atoms with Gasteiger partial charge in [0, 0.05) is 0 Å². The van der Waals surface area contributed by atoms with Gasteiger partial charge in [-0.3, -0.25) is 4.79 Å². The summed E-state index contributed by atoms with van der Waals surface area (Å²) in [4.78, 5) is 18.3. The van der Waals surface area contributed by atoms with Crippen LogP contribution in [0.1, 0.15) is 13.3 Å². The van der Waals surface area contributed by atoms with Crippen LogP contribution in [0.2, 0.25) is 0 Å². The van der Waals surface area contributed by atoms with Crippen LogP contribution in [0.5, 0.6) is 0 Å². The number of para-hydroxylation sites is 2. The zero-order valence-electron chi connectivity index (χ0n) is 8.80. The highest BCUT2D eigenvalue weighted by Crippen LogP contribution is 2.25. The molecule has 0 spiro atoms. The summed E-state index contributed by atoms with van der Waals surface area (Å²) in [6.07, 6.45) is 0.580. The van der Waals surface area contributed by atoms with Gasteiger partial charge < -0.3 is 10.1 Å². The van der Waals surface area contributed by atoms with E-state index in [1.165, 1.54) is 11.8 Å². The van der Waals surface area contributed by atoms with Gasteiger partial charge in [0.25, 0.3) is 0 Å². The van der Waals surface area contributed by atoms with Crippen LogP contribution < -0.4 is 0 Å². The van der Waals surface area contributed by atoms with Crippen LogP contribution in [0.25, 0.3) is 11.0 Å². The van der Waals surface area contributed by atoms with E-state index >= 15 is 0 Å². The second-order valence-corrected chi connectivity index (χ2v) is 4.60. The number of nitrogens with zero attached hydrogens (tertiary/aromatic N) is 1. The molecule has 2 aromatic rings. The van der Waals surface area contributed by atoms with E-state index in [1.54, 1.807) is 0 Å². The van der Waals surface area contributed by atoms with Gasteiger partial charge in [-0.15, -0.1) is 0 Å². The molecule has 0 aliphatic heterocycles. The lowest BCUT2D eigenvalue weighted by atomic mass is 10.3. The molecule has 1 aromatic carbocycles. The van der Waals surface area contributed by atoms with Crippen molar-refractivity contribution in [2.45, 2.75) is 23.8 Å². The minimum absolute atomic E-state index is 0.444. The standard InChI is InChI=1S/C11H12N2O2S/c1-2-9(10(14)15)16-11-12-7-5-3-4-6-8(7)13-11/h3-6,9H,2H2,1H3,(H,12,13)(H,14,15)/t9-/m1/s1. The Labute approximate surface area is 97.1 Å². The van der Waals surface area contributed by atoms with Crippen LogP contribution in [-0.4, -0.2) is 26.3 Å². The normalized spacial score (nSPS) is 12.8. The van der Waals surface area contributed by atoms with Crippen LogP contribution >= 0.6 is 11.8 Å². The van der Waals surface area contributed by atoms with Crippen LogP contribution in [-0.2, 0) is 4.79 Å². The van der Waals surface area contributed by atoms with Crippen molar-refractivity contribution in [3.8, 4) is 0 Å². The second kappa shape index (κ2) is 4.57. The summed E-state index contributed by atoms with van der Waals surface area (Å²) in [5, 5.41) is 9.17. The van der Waals surface area contributed by atoms with Crippen molar-refractivity contribution < 1.29 is 9.90 Å². The second-order valence-electron chi connectivity index (χ2n) is 3.41. The van der Waals surface area contributed by atoms with Gasteiger partial charge in [-0.25, -0.2) is 4.98 Å². The number of carboxylic acids is 1. The number of fused-ring (bicyclic) bond motifs is 1. The Kier molecular flexibility index (Phi) is 3.14. The predicted molar refractivity (Wildman–Crippen MR) is 63.7 cm³/mol. The number of imidazole rings is 1. The first-order valence-electron chi connectivity index (χ1n) is 5.05. The summed E-state index contributed by atoms with van der Waals surface area (Å²) >= 11 is 1.26. The first-order chi connectivity index (χ1) is 7.70. The fourth-order valence-electron chi connectivity index (χ4n) is 1.43. The number of aromatic amines is 1. The maximum absolute atomic E-state index is 10.9. The van der Waals surface area contributed by atoms with Crippen molar-refractivity contribution >= 4 is 28.8 Å². The van der Waals surface area contributed by atoms with Gasteiger partial charge in [-0.1, -0.05) is 30.8 Å². The molecule has 2 N–H and O–H groups in total. The van der Waals surface area contributed by atoms with E-state index < -0.39 is 11.2 Å². The van der Waals surface area contributed by atoms with Gasteiger partial charge >= 0.3 is 5.97 Å². The number of H-pyrrole nitrogens is 1. The quantitative estimate of drug-likeness (QED) is 0.800. The minimum Gasteiger partial charge on any atom is -0.480 e. The lowest BCUT2D eigenvalue weighted by molar-refractivity contribution is -0.136. The monoisotopic (exact) mass is 236 g/mol. The van der Waals surface area contributed by atoms with Gasteiger partial charge in [-0.2, -0.15) is 0 Å². The Morgan fingerprint density at radius 2 is 2.31 bits per heavy atom. The third kappa shape index (κ3) is 2.19. The third-order valence-corrected chi connectivity index (χ3v) is 3.50. The lowest BCUT2D eigenvalue weighted by Crippen LogP contribution is -2.14. The Bertz CT molecular complexity index is 476. The van der Waals surface area contributed by atoms with E-state index in [0.717, 1.165) is 11.0 Å². The highest BCUT2D eigenvalue weighted by Gasteiger charge is 2.18. The number of aromatic nitrogens is 2. The number of nitrogens with one attached hydrogen (secondary N) is 1. The highest BCUT2D eigenvalue weighted by molar-refractivity contribution is 8.00. The van der Waals surface area contributed by atoms with E-state index in [1.807, 2.05) is 31.2 Å². The van der Waals surface area contributed by atoms with Gasteiger partial charge in [-0.05, 0) is 18.6 Å². The van der Waals surface area contributed by atoms with Crippen LogP contribution in [0.4, 0.5) is 0 Å². The molecule has 1 atom stereocenters. The van der Waals surface area contributed by atoms with Gasteiger partial charge in [0.15, 0.2) is 5.16 Å². The van der Waals surface area contributed by atoms with Crippen LogP contribution in [0.3, 0.4) is 0 Å². The Morgan fingerprint density at radius 3 is 2.94 bits per heavy atom. The molecule has 0 unspecified atom stereocenters. The maximum atomic E-state index is 10.9. The summed E-state index contributed by atoms with van der Waals surface area (Å²) in [7, 11) is 0. The fourth-order valence-corrected chi connectivity index (χ4v) is 2.29. The molecule has 0 bridgehead atoms. The summed E-state index contributed by atoms with van der Waals surface area (Å²) in [5.74, 6) is -0.798. The predicted octanol–water partition coefficient (Wildman–Crippen LogP) is 2.52. The SMILES string of the molecule is CC[C@@H](Sc1nc2ccccc2[nH]1)C(=O)O. The first kappa shape index (κ1) is 11.0. The molecule has 16 heavy (non-hydrogen) atoms. The number of carboxylic acid groups (broad SMARTS) is 1. The molecule has 0 radical (unpaired) electrons. The molecule has 2 rings (SSSR count). The molecule has 1 aromatic heterocycles. The lowest BCUT2D eigenvalue weighted by Gasteiger charge is -2.05. The van der Waals surface area contributed by atoms with Crippen LogP contribution in [0.15, 0.2) is 29.4 Å². The smallest absolute Gasteiger partial charge is 0.317 e. The van der Waals surface area contributed by atoms with Gasteiger partial charge in [0.2, 0.25) is 0 Å². The zero-order chi connectivity index (χ0) is 11.5. The minimum atomic E-state index is -0.798. The Balaban J connectivity index is 2.24. The largest absolute Gasteiger partial charge is 0.480 e. The number of hydrogen-bond acceptors (Lipinski definition) is 3. The molecular weight excluding hydrogens is 224 g/mol. The van der Waals surface area contributed by atoms with E-state index in [0.29, 0.717) is 11.6 Å². The molecular formula is C11H12N2O2S. The summed E-state index contributed by atoms with van der Waals surface area (Å²) < 4.78 is 0. The number of benzene rings is 1.